The summed E-state index contributed by atoms with van der Waals surface area (Å²) in [5, 5.41) is 8.42. The lowest BCUT2D eigenvalue weighted by Gasteiger charge is -2.10. The Morgan fingerprint density at radius 3 is 2.38 bits per heavy atom. The van der Waals surface area contributed by atoms with Crippen LogP contribution in [0.4, 0.5) is 0 Å². The Kier molecular flexibility index (Phi) is 4.46. The van der Waals surface area contributed by atoms with E-state index in [1.165, 1.54) is 5.56 Å². The summed E-state index contributed by atoms with van der Waals surface area (Å²) in [6, 6.07) is 7.27. The average Bonchev–Trinajstić information content (AvgIpc) is 2.28. The number of benzene rings is 1. The van der Waals surface area contributed by atoms with Gasteiger partial charge >= 0.3 is 0 Å². The highest BCUT2D eigenvalue weighted by atomic mass is 16.5. The van der Waals surface area contributed by atoms with Crippen LogP contribution in [0.25, 0.3) is 0 Å². The van der Waals surface area contributed by atoms with Gasteiger partial charge in [-0.1, -0.05) is 38.1 Å². The van der Waals surface area contributed by atoms with E-state index >= 15 is 0 Å². The van der Waals surface area contributed by atoms with Crippen molar-refractivity contribution in [3.8, 4) is 0 Å². The van der Waals surface area contributed by atoms with Crippen molar-refractivity contribution in [2.75, 3.05) is 0 Å². The van der Waals surface area contributed by atoms with Crippen molar-refractivity contribution >= 4 is 5.91 Å². The Morgan fingerprint density at radius 2 is 1.94 bits per heavy atom. The fourth-order valence-electron chi connectivity index (χ4n) is 1.47. The second-order valence-corrected chi connectivity index (χ2v) is 4.18. The molecule has 1 rings (SSSR count). The van der Waals surface area contributed by atoms with Crippen LogP contribution in [-0.2, 0) is 11.2 Å². The van der Waals surface area contributed by atoms with Gasteiger partial charge in [0.05, 0.1) is 6.04 Å². The standard InChI is InChI=1S/C12H18N2O2/c1-8(2)10-5-3-9(4-6-10)7-11(13)12(15)14-16/h3-6,8,11,16H,7,13H2,1-2H3,(H,14,15)/t11-/m0/s1. The molecule has 0 heterocycles. The lowest BCUT2D eigenvalue weighted by molar-refractivity contribution is -0.130. The van der Waals surface area contributed by atoms with Crippen LogP contribution in [0.3, 0.4) is 0 Å². The van der Waals surface area contributed by atoms with E-state index in [9.17, 15) is 4.79 Å². The van der Waals surface area contributed by atoms with Gasteiger partial charge in [-0.15, -0.1) is 0 Å². The molecule has 0 aromatic heterocycles. The minimum atomic E-state index is -0.713. The molecule has 1 amide bonds. The molecule has 0 saturated heterocycles. The minimum absolute atomic E-state index is 0.421. The molecule has 0 aliphatic carbocycles. The normalized spacial score (nSPS) is 12.6. The maximum absolute atomic E-state index is 11.0. The molecular weight excluding hydrogens is 204 g/mol. The molecule has 0 saturated carbocycles. The average molecular weight is 222 g/mol. The number of rotatable bonds is 4. The van der Waals surface area contributed by atoms with Gasteiger partial charge in [-0.25, -0.2) is 5.48 Å². The van der Waals surface area contributed by atoms with Crippen LogP contribution in [0, 0.1) is 0 Å². The zero-order chi connectivity index (χ0) is 12.1. The number of carbonyl (C=O) groups excluding carboxylic acids is 1. The van der Waals surface area contributed by atoms with Crippen LogP contribution < -0.4 is 11.2 Å². The highest BCUT2D eigenvalue weighted by Gasteiger charge is 2.12. The summed E-state index contributed by atoms with van der Waals surface area (Å²) >= 11 is 0. The van der Waals surface area contributed by atoms with Crippen molar-refractivity contribution < 1.29 is 10.0 Å². The zero-order valence-electron chi connectivity index (χ0n) is 9.60. The van der Waals surface area contributed by atoms with E-state index in [0.29, 0.717) is 12.3 Å². The molecule has 16 heavy (non-hydrogen) atoms. The summed E-state index contributed by atoms with van der Waals surface area (Å²) in [6.45, 7) is 4.25. The van der Waals surface area contributed by atoms with Gasteiger partial charge in [-0.05, 0) is 23.5 Å². The van der Waals surface area contributed by atoms with E-state index in [4.69, 9.17) is 10.9 Å². The molecular formula is C12H18N2O2. The summed E-state index contributed by atoms with van der Waals surface area (Å²) < 4.78 is 0. The van der Waals surface area contributed by atoms with Crippen LogP contribution >= 0.6 is 0 Å². The predicted octanol–water partition coefficient (Wildman–Crippen LogP) is 1.19. The molecule has 0 fully saturated rings. The number of nitrogens with one attached hydrogen (secondary N) is 1. The number of amides is 1. The van der Waals surface area contributed by atoms with Gasteiger partial charge in [0.2, 0.25) is 0 Å². The Bertz CT molecular complexity index is 347. The topological polar surface area (TPSA) is 75.4 Å². The SMILES string of the molecule is CC(C)c1ccc(C[C@H](N)C(=O)NO)cc1. The fourth-order valence-corrected chi connectivity index (χ4v) is 1.47. The van der Waals surface area contributed by atoms with Crippen molar-refractivity contribution in [1.82, 2.24) is 5.48 Å². The summed E-state index contributed by atoms with van der Waals surface area (Å²) in [5.74, 6) is -0.0728. The largest absolute Gasteiger partial charge is 0.320 e. The van der Waals surface area contributed by atoms with E-state index in [2.05, 4.69) is 13.8 Å². The molecule has 1 aromatic carbocycles. The fraction of sp³-hybridized carbons (Fsp3) is 0.417. The third kappa shape index (κ3) is 3.32. The number of carbonyl (C=O) groups is 1. The van der Waals surface area contributed by atoms with Crippen LogP contribution in [0.2, 0.25) is 0 Å². The quantitative estimate of drug-likeness (QED) is 0.529. The van der Waals surface area contributed by atoms with Crippen LogP contribution in [0.1, 0.15) is 30.9 Å². The first-order valence-corrected chi connectivity index (χ1v) is 5.33. The molecule has 0 unspecified atom stereocenters. The van der Waals surface area contributed by atoms with E-state index in [1.807, 2.05) is 24.3 Å². The summed E-state index contributed by atoms with van der Waals surface area (Å²) in [7, 11) is 0. The maximum atomic E-state index is 11.0. The van der Waals surface area contributed by atoms with Crippen LogP contribution in [0.15, 0.2) is 24.3 Å². The molecule has 4 heteroatoms. The molecule has 4 N–H and O–H groups in total. The van der Waals surface area contributed by atoms with Crippen molar-refractivity contribution in [2.24, 2.45) is 5.73 Å². The first-order chi connectivity index (χ1) is 7.54. The first-order valence-electron chi connectivity index (χ1n) is 5.33. The smallest absolute Gasteiger partial charge is 0.260 e. The number of nitrogens with two attached hydrogens (primary N) is 1. The van der Waals surface area contributed by atoms with Crippen molar-refractivity contribution in [3.05, 3.63) is 35.4 Å². The second-order valence-electron chi connectivity index (χ2n) is 4.18. The van der Waals surface area contributed by atoms with E-state index < -0.39 is 11.9 Å². The molecule has 1 atom stereocenters. The molecule has 4 nitrogen and oxygen atoms in total. The Labute approximate surface area is 95.4 Å². The van der Waals surface area contributed by atoms with Crippen molar-refractivity contribution in [2.45, 2.75) is 32.2 Å². The van der Waals surface area contributed by atoms with Gasteiger partial charge in [0.1, 0.15) is 0 Å². The van der Waals surface area contributed by atoms with Crippen LogP contribution in [0.5, 0.6) is 0 Å². The van der Waals surface area contributed by atoms with Gasteiger partial charge in [0, 0.05) is 0 Å². The highest BCUT2D eigenvalue weighted by Crippen LogP contribution is 2.15. The molecule has 0 spiro atoms. The van der Waals surface area contributed by atoms with Crippen molar-refractivity contribution in [3.63, 3.8) is 0 Å². The molecule has 1 aromatic rings. The summed E-state index contributed by atoms with van der Waals surface area (Å²) in [6.07, 6.45) is 0.421. The molecule has 88 valence electrons. The van der Waals surface area contributed by atoms with Gasteiger partial charge in [0.15, 0.2) is 0 Å². The van der Waals surface area contributed by atoms with E-state index in [1.54, 1.807) is 5.48 Å². The third-order valence-corrected chi connectivity index (χ3v) is 2.55. The number of hydrogen-bond donors (Lipinski definition) is 3. The highest BCUT2D eigenvalue weighted by molar-refractivity contribution is 5.80. The van der Waals surface area contributed by atoms with Gasteiger partial charge in [0.25, 0.3) is 5.91 Å². The third-order valence-electron chi connectivity index (χ3n) is 2.55. The maximum Gasteiger partial charge on any atom is 0.260 e. The Hall–Kier alpha value is -1.39. The lowest BCUT2D eigenvalue weighted by Crippen LogP contribution is -2.40. The summed E-state index contributed by atoms with van der Waals surface area (Å²) in [5.41, 5.74) is 9.38. The molecule has 0 radical (unpaired) electrons. The number of hydroxylamine groups is 1. The Balaban J connectivity index is 2.65. The van der Waals surface area contributed by atoms with Gasteiger partial charge in [-0.3, -0.25) is 10.0 Å². The van der Waals surface area contributed by atoms with Gasteiger partial charge < -0.3 is 5.73 Å². The number of hydrogen-bond acceptors (Lipinski definition) is 3. The molecule has 0 bridgehead atoms. The molecule has 0 aliphatic heterocycles. The van der Waals surface area contributed by atoms with E-state index in [0.717, 1.165) is 5.56 Å². The molecule has 0 aliphatic rings. The van der Waals surface area contributed by atoms with E-state index in [-0.39, 0.29) is 0 Å². The summed E-state index contributed by atoms with van der Waals surface area (Å²) in [4.78, 5) is 11.0. The van der Waals surface area contributed by atoms with Crippen molar-refractivity contribution in [1.29, 1.82) is 0 Å². The first kappa shape index (κ1) is 12.7. The second kappa shape index (κ2) is 5.63. The monoisotopic (exact) mass is 222 g/mol. The Morgan fingerprint density at radius 1 is 1.38 bits per heavy atom. The van der Waals surface area contributed by atoms with Gasteiger partial charge in [-0.2, -0.15) is 0 Å². The van der Waals surface area contributed by atoms with Crippen LogP contribution in [-0.4, -0.2) is 17.2 Å². The zero-order valence-corrected chi connectivity index (χ0v) is 9.60. The minimum Gasteiger partial charge on any atom is -0.320 e. The lowest BCUT2D eigenvalue weighted by atomic mass is 9.99. The predicted molar refractivity (Wildman–Crippen MR) is 62.1 cm³/mol.